The molecule has 1 aliphatic heterocycles. The van der Waals surface area contributed by atoms with Crippen LogP contribution < -0.4 is 16.0 Å². The summed E-state index contributed by atoms with van der Waals surface area (Å²) >= 11 is 0. The third-order valence-corrected chi connectivity index (χ3v) is 7.64. The fourth-order valence-corrected chi connectivity index (χ4v) is 5.24. The van der Waals surface area contributed by atoms with E-state index in [0.717, 1.165) is 67.2 Å². The number of anilines is 1. The maximum Gasteiger partial charge on any atom is 0.416 e. The van der Waals surface area contributed by atoms with Gasteiger partial charge in [-0.1, -0.05) is 12.1 Å². The number of alkyl halides is 3. The smallest absolute Gasteiger partial charge is 0.416 e. The molecule has 0 aliphatic carbocycles. The summed E-state index contributed by atoms with van der Waals surface area (Å²) in [5, 5.41) is 35.2. The van der Waals surface area contributed by atoms with E-state index in [1.165, 1.54) is 6.07 Å². The van der Waals surface area contributed by atoms with Crippen LogP contribution in [0.5, 0.6) is 0 Å². The molecule has 14 heteroatoms. The Hall–Kier alpha value is -5.26. The highest BCUT2D eigenvalue weighted by Gasteiger charge is 2.31. The summed E-state index contributed by atoms with van der Waals surface area (Å²) in [4.78, 5) is 13.1. The van der Waals surface area contributed by atoms with E-state index in [2.05, 4.69) is 32.2 Å². The molecule has 0 spiro atoms. The summed E-state index contributed by atoms with van der Waals surface area (Å²) in [6.07, 6.45) is -0.143. The van der Waals surface area contributed by atoms with Crippen LogP contribution in [-0.4, -0.2) is 68.7 Å². The first-order valence-corrected chi connectivity index (χ1v) is 14.6. The molecular weight excluding hydrogens is 599 g/mol. The zero-order valence-corrected chi connectivity index (χ0v) is 24.9. The van der Waals surface area contributed by atoms with Crippen LogP contribution in [0.1, 0.15) is 23.1 Å². The zero-order valence-electron chi connectivity index (χ0n) is 24.9. The molecule has 6 rings (SSSR count). The number of carboxylic acid groups (broad SMARTS) is 1. The van der Waals surface area contributed by atoms with Gasteiger partial charge in [0.1, 0.15) is 0 Å². The minimum atomic E-state index is -4.49. The van der Waals surface area contributed by atoms with Gasteiger partial charge in [-0.15, -0.1) is 5.10 Å². The average molecular weight is 632 g/mol. The molecule has 0 amide bonds. The Labute approximate surface area is 262 Å². The fraction of sp³-hybridized carbons (Fsp3) is 0.281. The molecule has 0 saturated carbocycles. The van der Waals surface area contributed by atoms with Crippen molar-refractivity contribution in [1.29, 1.82) is 5.26 Å². The van der Waals surface area contributed by atoms with Gasteiger partial charge >= 0.3 is 6.18 Å². The summed E-state index contributed by atoms with van der Waals surface area (Å²) in [5.74, 6) is 1.08. The molecule has 1 fully saturated rings. The fourth-order valence-electron chi connectivity index (χ4n) is 5.24. The predicted octanol–water partition coefficient (Wildman–Crippen LogP) is 4.76. The van der Waals surface area contributed by atoms with E-state index in [1.807, 2.05) is 19.2 Å². The van der Waals surface area contributed by atoms with Gasteiger partial charge < -0.3 is 21.1 Å². The van der Waals surface area contributed by atoms with Crippen molar-refractivity contribution in [2.45, 2.75) is 19.5 Å². The highest BCUT2D eigenvalue weighted by Crippen LogP contribution is 2.38. The summed E-state index contributed by atoms with van der Waals surface area (Å²) < 4.78 is 44.5. The number of nitrogens with one attached hydrogen (secondary N) is 3. The second kappa shape index (κ2) is 14.2. The lowest BCUT2D eigenvalue weighted by Crippen LogP contribution is -2.47. The van der Waals surface area contributed by atoms with E-state index >= 15 is 0 Å². The first kappa shape index (κ1) is 32.1. The Balaban J connectivity index is 0.00000134. The molecule has 0 bridgehead atoms. The van der Waals surface area contributed by atoms with Crippen molar-refractivity contribution < 1.29 is 23.1 Å². The van der Waals surface area contributed by atoms with Gasteiger partial charge in [-0.25, -0.2) is 9.20 Å². The number of rotatable bonds is 10. The lowest BCUT2D eigenvalue weighted by molar-refractivity contribution is -0.137. The number of aromatic nitrogens is 5. The van der Waals surface area contributed by atoms with Crippen molar-refractivity contribution in [3.05, 3.63) is 83.7 Å². The van der Waals surface area contributed by atoms with Crippen molar-refractivity contribution in [1.82, 2.24) is 35.0 Å². The van der Waals surface area contributed by atoms with Gasteiger partial charge in [-0.05, 0) is 79.4 Å². The first-order valence-electron chi connectivity index (χ1n) is 14.6. The van der Waals surface area contributed by atoms with Gasteiger partial charge in [0.05, 0.1) is 34.8 Å². The van der Waals surface area contributed by atoms with E-state index in [4.69, 9.17) is 14.9 Å². The number of fused-ring (bicyclic) bond motifs is 1. The lowest BCUT2D eigenvalue weighted by Gasteiger charge is -2.27. The number of nitrogens with zero attached hydrogens (tertiary/aromatic N) is 6. The Morgan fingerprint density at radius 3 is 2.59 bits per heavy atom. The van der Waals surface area contributed by atoms with Crippen molar-refractivity contribution in [2.75, 3.05) is 38.0 Å². The molecule has 4 N–H and O–H groups in total. The van der Waals surface area contributed by atoms with Crippen LogP contribution in [0.2, 0.25) is 0 Å². The molecule has 1 saturated heterocycles. The molecule has 0 unspecified atom stereocenters. The van der Waals surface area contributed by atoms with E-state index in [1.54, 1.807) is 45.7 Å². The van der Waals surface area contributed by atoms with E-state index in [0.29, 0.717) is 40.7 Å². The van der Waals surface area contributed by atoms with Gasteiger partial charge in [0.2, 0.25) is 5.95 Å². The van der Waals surface area contributed by atoms with Gasteiger partial charge in [0.25, 0.3) is 6.47 Å². The van der Waals surface area contributed by atoms with Crippen LogP contribution in [0.15, 0.2) is 67.0 Å². The van der Waals surface area contributed by atoms with Crippen molar-refractivity contribution in [3.8, 4) is 34.1 Å². The van der Waals surface area contributed by atoms with E-state index in [-0.39, 0.29) is 6.47 Å². The largest absolute Gasteiger partial charge is 0.483 e. The summed E-state index contributed by atoms with van der Waals surface area (Å²) in [6, 6.07) is 16.2. The standard InChI is InChI=1S/C31H30F3N9.CH2O2/c1-20-26(27-10-13-39-43(27)25-8-6-21(15-35)7-9-25)19-42-29(28(20)23-4-2-5-24(14-23)31(32,33)34)40-30(41-42)38-12-3-11-36-16-22-17-37-18-22;2-1-3/h2,4-10,13-14,19,22,36-37H,3,11-12,16-18H2,1H3,(H,38,41);1H,(H,2,3). The number of benzene rings is 2. The van der Waals surface area contributed by atoms with E-state index in [9.17, 15) is 18.4 Å². The molecule has 1 aliphatic rings. The van der Waals surface area contributed by atoms with E-state index < -0.39 is 11.7 Å². The van der Waals surface area contributed by atoms with Crippen LogP contribution in [0.25, 0.3) is 33.7 Å². The normalized spacial score (nSPS) is 13.0. The molecule has 4 heterocycles. The molecule has 2 aromatic carbocycles. The third-order valence-electron chi connectivity index (χ3n) is 7.64. The van der Waals surface area contributed by atoms with Gasteiger partial charge in [-0.2, -0.15) is 28.5 Å². The summed E-state index contributed by atoms with van der Waals surface area (Å²) in [7, 11) is 0. The minimum Gasteiger partial charge on any atom is -0.483 e. The average Bonchev–Trinajstić information content (AvgIpc) is 3.67. The number of carbonyl (C=O) groups is 1. The monoisotopic (exact) mass is 631 g/mol. The third kappa shape index (κ3) is 7.17. The Morgan fingerprint density at radius 2 is 1.91 bits per heavy atom. The molecule has 3 aromatic heterocycles. The number of nitriles is 1. The van der Waals surface area contributed by atoms with Crippen LogP contribution in [-0.2, 0) is 11.0 Å². The van der Waals surface area contributed by atoms with Gasteiger partial charge in [0.15, 0.2) is 5.65 Å². The first-order chi connectivity index (χ1) is 22.2. The summed E-state index contributed by atoms with van der Waals surface area (Å²) in [5.41, 5.74) is 4.09. The Bertz CT molecular complexity index is 1840. The molecule has 11 nitrogen and oxygen atoms in total. The molecule has 0 atom stereocenters. The highest BCUT2D eigenvalue weighted by molar-refractivity contribution is 5.86. The van der Waals surface area contributed by atoms with Crippen molar-refractivity contribution >= 4 is 18.1 Å². The number of hydrogen-bond acceptors (Lipinski definition) is 8. The molecule has 5 aromatic rings. The molecule has 0 radical (unpaired) electrons. The second-order valence-corrected chi connectivity index (χ2v) is 10.7. The molecule has 46 heavy (non-hydrogen) atoms. The Kier molecular flexibility index (Phi) is 9.94. The Morgan fingerprint density at radius 1 is 1.15 bits per heavy atom. The predicted molar refractivity (Wildman–Crippen MR) is 166 cm³/mol. The molecule has 238 valence electrons. The summed E-state index contributed by atoms with van der Waals surface area (Å²) in [6.45, 7) is 6.21. The maximum absolute atomic E-state index is 13.7. The van der Waals surface area contributed by atoms with Crippen LogP contribution in [0, 0.1) is 24.2 Å². The van der Waals surface area contributed by atoms with Gasteiger partial charge in [-0.3, -0.25) is 4.79 Å². The molecular formula is C32H32F3N9O2. The number of hydrogen-bond donors (Lipinski definition) is 4. The van der Waals surface area contributed by atoms with Crippen molar-refractivity contribution in [2.24, 2.45) is 5.92 Å². The maximum atomic E-state index is 13.7. The van der Waals surface area contributed by atoms with Crippen LogP contribution in [0.4, 0.5) is 19.1 Å². The second-order valence-electron chi connectivity index (χ2n) is 10.7. The highest BCUT2D eigenvalue weighted by atomic mass is 19.4. The van der Waals surface area contributed by atoms with Gasteiger partial charge in [0, 0.05) is 43.5 Å². The van der Waals surface area contributed by atoms with Crippen LogP contribution >= 0.6 is 0 Å². The number of pyridine rings is 1. The van der Waals surface area contributed by atoms with Crippen molar-refractivity contribution in [3.63, 3.8) is 0 Å². The SMILES string of the molecule is Cc1c(-c2ccnn2-c2ccc(C#N)cc2)cn2nc(NCCCNCC3CNC3)nc2c1-c1cccc(C(F)(F)F)c1.O=CO. The lowest BCUT2D eigenvalue weighted by atomic mass is 9.95. The quantitative estimate of drug-likeness (QED) is 0.127. The minimum absolute atomic E-state index is 0.250. The zero-order chi connectivity index (χ0) is 32.7. The topological polar surface area (TPSA) is 145 Å². The van der Waals surface area contributed by atoms with Crippen LogP contribution in [0.3, 0.4) is 0 Å². The number of halogens is 3.